The van der Waals surface area contributed by atoms with Crippen molar-refractivity contribution in [3.63, 3.8) is 0 Å². The number of benzene rings is 3. The number of nitrogens with zero attached hydrogens (tertiary/aromatic N) is 1. The maximum Gasteiger partial charge on any atom is 0.254 e. The second-order valence-corrected chi connectivity index (χ2v) is 9.43. The Hall–Kier alpha value is -3.45. The molecule has 3 aromatic rings. The summed E-state index contributed by atoms with van der Waals surface area (Å²) in [4.78, 5) is 27.6. The second-order valence-electron chi connectivity index (χ2n) is 7.42. The van der Waals surface area contributed by atoms with E-state index in [-0.39, 0.29) is 16.6 Å². The summed E-state index contributed by atoms with van der Waals surface area (Å²) in [7, 11) is -1.63. The van der Waals surface area contributed by atoms with Crippen LogP contribution < -0.4 is 4.74 Å². The molecule has 1 amide bonds. The fourth-order valence-electron chi connectivity index (χ4n) is 3.21. The van der Waals surface area contributed by atoms with Gasteiger partial charge in [-0.15, -0.1) is 0 Å². The number of amides is 1. The Morgan fingerprint density at radius 1 is 0.875 bits per heavy atom. The summed E-state index contributed by atoms with van der Waals surface area (Å²) in [6.45, 7) is 0.730. The van der Waals surface area contributed by atoms with Gasteiger partial charge in [0.15, 0.2) is 15.6 Å². The monoisotopic (exact) mass is 451 g/mol. The summed E-state index contributed by atoms with van der Waals surface area (Å²) in [6.07, 6.45) is 1.69. The molecule has 0 atom stereocenters. The average molecular weight is 452 g/mol. The van der Waals surface area contributed by atoms with Gasteiger partial charge in [0.1, 0.15) is 5.75 Å². The van der Waals surface area contributed by atoms with Crippen LogP contribution in [0.1, 0.15) is 32.7 Å². The molecule has 0 radical (unpaired) electrons. The Kier molecular flexibility index (Phi) is 7.43. The molecule has 0 N–H and O–H groups in total. The van der Waals surface area contributed by atoms with Gasteiger partial charge in [-0.2, -0.15) is 0 Å². The van der Waals surface area contributed by atoms with Gasteiger partial charge in [-0.1, -0.05) is 54.6 Å². The molecule has 0 fully saturated rings. The molecule has 0 aliphatic carbocycles. The number of ketones is 1. The van der Waals surface area contributed by atoms with Crippen molar-refractivity contribution in [1.82, 2.24) is 4.90 Å². The molecule has 0 saturated heterocycles. The Morgan fingerprint density at radius 3 is 2.22 bits per heavy atom. The number of sulfone groups is 1. The second kappa shape index (κ2) is 10.2. The Morgan fingerprint density at radius 2 is 1.53 bits per heavy atom. The largest absolute Gasteiger partial charge is 0.493 e. The van der Waals surface area contributed by atoms with Gasteiger partial charge in [0.05, 0.1) is 17.1 Å². The molecule has 0 saturated carbocycles. The number of hydrogen-bond donors (Lipinski definition) is 0. The maximum atomic E-state index is 13.0. The molecule has 166 valence electrons. The lowest BCUT2D eigenvalue weighted by atomic mass is 9.97. The smallest absolute Gasteiger partial charge is 0.254 e. The lowest BCUT2D eigenvalue weighted by Crippen LogP contribution is -2.30. The first-order chi connectivity index (χ1) is 15.3. The lowest BCUT2D eigenvalue weighted by Gasteiger charge is -2.19. The summed E-state index contributed by atoms with van der Waals surface area (Å²) < 4.78 is 29.0. The van der Waals surface area contributed by atoms with Crippen molar-refractivity contribution in [3.05, 3.63) is 95.6 Å². The van der Waals surface area contributed by atoms with E-state index >= 15 is 0 Å². The summed E-state index contributed by atoms with van der Waals surface area (Å²) in [5, 5.41) is 0. The summed E-state index contributed by atoms with van der Waals surface area (Å²) in [5.41, 5.74) is 1.25. The number of carbonyl (C=O) groups is 2. The van der Waals surface area contributed by atoms with Crippen molar-refractivity contribution in [1.29, 1.82) is 0 Å². The van der Waals surface area contributed by atoms with Crippen LogP contribution in [0.2, 0.25) is 0 Å². The average Bonchev–Trinajstić information content (AvgIpc) is 2.81. The van der Waals surface area contributed by atoms with Crippen molar-refractivity contribution in [2.75, 3.05) is 26.5 Å². The minimum absolute atomic E-state index is 0.196. The van der Waals surface area contributed by atoms with Crippen LogP contribution in [0.15, 0.2) is 83.8 Å². The predicted octanol–water partition coefficient (Wildman–Crippen LogP) is 3.86. The van der Waals surface area contributed by atoms with Gasteiger partial charge in [-0.05, 0) is 30.7 Å². The van der Waals surface area contributed by atoms with E-state index in [1.807, 2.05) is 6.07 Å². The molecule has 0 bridgehead atoms. The lowest BCUT2D eigenvalue weighted by molar-refractivity contribution is 0.0783. The highest BCUT2D eigenvalue weighted by Crippen LogP contribution is 2.18. The van der Waals surface area contributed by atoms with Crippen LogP contribution in [0, 0.1) is 0 Å². The zero-order valence-corrected chi connectivity index (χ0v) is 18.8. The molecule has 7 heteroatoms. The Bertz CT molecular complexity index is 1210. The fourth-order valence-corrected chi connectivity index (χ4v) is 3.86. The van der Waals surface area contributed by atoms with Gasteiger partial charge in [-0.3, -0.25) is 9.59 Å². The molecular formula is C25H25NO5S. The molecule has 0 aromatic heterocycles. The maximum absolute atomic E-state index is 13.0. The molecule has 3 aromatic carbocycles. The number of hydrogen-bond acceptors (Lipinski definition) is 5. The van der Waals surface area contributed by atoms with E-state index < -0.39 is 9.84 Å². The minimum atomic E-state index is -3.30. The Labute approximate surface area is 188 Å². The highest BCUT2D eigenvalue weighted by Gasteiger charge is 2.20. The zero-order valence-electron chi connectivity index (χ0n) is 18.0. The van der Waals surface area contributed by atoms with E-state index in [1.54, 1.807) is 72.6 Å². The summed E-state index contributed by atoms with van der Waals surface area (Å²) in [6, 6.07) is 22.0. The molecule has 0 aliphatic heterocycles. The highest BCUT2D eigenvalue weighted by atomic mass is 32.2. The van der Waals surface area contributed by atoms with Crippen molar-refractivity contribution in [2.24, 2.45) is 0 Å². The highest BCUT2D eigenvalue weighted by molar-refractivity contribution is 7.90. The first-order valence-corrected chi connectivity index (χ1v) is 12.0. The SMILES string of the molecule is CN(CCCOc1cccc(S(C)(=O)=O)c1)C(=O)c1ccccc1C(=O)c1ccccc1. The molecule has 6 nitrogen and oxygen atoms in total. The van der Waals surface area contributed by atoms with Crippen molar-refractivity contribution >= 4 is 21.5 Å². The van der Waals surface area contributed by atoms with E-state index in [2.05, 4.69) is 0 Å². The molecule has 0 aliphatic rings. The van der Waals surface area contributed by atoms with Crippen molar-refractivity contribution in [3.8, 4) is 5.75 Å². The fraction of sp³-hybridized carbons (Fsp3) is 0.200. The predicted molar refractivity (Wildman–Crippen MR) is 123 cm³/mol. The number of ether oxygens (including phenoxy) is 1. The third kappa shape index (κ3) is 5.82. The van der Waals surface area contributed by atoms with E-state index in [1.165, 1.54) is 12.1 Å². The minimum Gasteiger partial charge on any atom is -0.493 e. The first kappa shape index (κ1) is 23.2. The van der Waals surface area contributed by atoms with E-state index in [0.717, 1.165) is 6.26 Å². The van der Waals surface area contributed by atoms with Gasteiger partial charge >= 0.3 is 0 Å². The van der Waals surface area contributed by atoms with Crippen LogP contribution in [0.25, 0.3) is 0 Å². The molecule has 0 spiro atoms. The van der Waals surface area contributed by atoms with Gasteiger partial charge < -0.3 is 9.64 Å². The van der Waals surface area contributed by atoms with Gasteiger partial charge in [0, 0.05) is 31.0 Å². The van der Waals surface area contributed by atoms with Crippen molar-refractivity contribution in [2.45, 2.75) is 11.3 Å². The zero-order chi connectivity index (χ0) is 23.1. The first-order valence-electron chi connectivity index (χ1n) is 10.1. The third-order valence-electron chi connectivity index (χ3n) is 4.93. The van der Waals surface area contributed by atoms with Crippen LogP contribution in [0.3, 0.4) is 0 Å². The van der Waals surface area contributed by atoms with Crippen LogP contribution in [-0.4, -0.2) is 51.5 Å². The topological polar surface area (TPSA) is 80.8 Å². The normalized spacial score (nSPS) is 11.1. The van der Waals surface area contributed by atoms with Crippen molar-refractivity contribution < 1.29 is 22.7 Å². The third-order valence-corrected chi connectivity index (χ3v) is 6.04. The van der Waals surface area contributed by atoms with E-state index in [0.29, 0.717) is 42.0 Å². The molecule has 0 unspecified atom stereocenters. The summed E-state index contributed by atoms with van der Waals surface area (Å²) >= 11 is 0. The summed E-state index contributed by atoms with van der Waals surface area (Å²) in [5.74, 6) is 0.0155. The molecular weight excluding hydrogens is 426 g/mol. The van der Waals surface area contributed by atoms with Crippen LogP contribution >= 0.6 is 0 Å². The van der Waals surface area contributed by atoms with Gasteiger partial charge in [0.25, 0.3) is 5.91 Å². The standard InChI is InChI=1S/C25H25NO5S/c1-26(16-9-17-31-20-12-8-13-21(18-20)32(2,29)30)25(28)23-15-7-6-14-22(23)24(27)19-10-4-3-5-11-19/h3-8,10-15,18H,9,16-17H2,1-2H3. The number of carbonyl (C=O) groups excluding carboxylic acids is 2. The van der Waals surface area contributed by atoms with Crippen LogP contribution in [0.4, 0.5) is 0 Å². The van der Waals surface area contributed by atoms with Crippen LogP contribution in [0.5, 0.6) is 5.75 Å². The Balaban J connectivity index is 1.61. The van der Waals surface area contributed by atoms with E-state index in [9.17, 15) is 18.0 Å². The quantitative estimate of drug-likeness (QED) is 0.365. The molecule has 32 heavy (non-hydrogen) atoms. The molecule has 0 heterocycles. The van der Waals surface area contributed by atoms with Gasteiger partial charge in [-0.25, -0.2) is 8.42 Å². The molecule has 3 rings (SSSR count). The number of rotatable bonds is 9. The van der Waals surface area contributed by atoms with Crippen LogP contribution in [-0.2, 0) is 9.84 Å². The van der Waals surface area contributed by atoms with Gasteiger partial charge in [0.2, 0.25) is 0 Å². The van der Waals surface area contributed by atoms with E-state index in [4.69, 9.17) is 4.74 Å².